The van der Waals surface area contributed by atoms with E-state index in [2.05, 4.69) is 19.1 Å². The Labute approximate surface area is 75.4 Å². The fourth-order valence-electron chi connectivity index (χ4n) is 0.799. The summed E-state index contributed by atoms with van der Waals surface area (Å²) in [5.74, 6) is 1.02. The summed E-state index contributed by atoms with van der Waals surface area (Å²) < 4.78 is 5.10. The van der Waals surface area contributed by atoms with Gasteiger partial charge in [0.05, 0.1) is 12.9 Å². The second-order valence-corrected chi connectivity index (χ2v) is 2.42. The fraction of sp³-hybridized carbons (Fsp3) is 0.455. The summed E-state index contributed by atoms with van der Waals surface area (Å²) in [6, 6.07) is 0. The maximum Gasteiger partial charge on any atom is 0.0952 e. The molecular formula is C11H18O. The molecule has 1 nitrogen and oxygen atoms in total. The molecule has 68 valence electrons. The fourth-order valence-corrected chi connectivity index (χ4v) is 0.799. The van der Waals surface area contributed by atoms with E-state index in [4.69, 9.17) is 4.74 Å². The number of methoxy groups -OCH3 is 1. The smallest absolute Gasteiger partial charge is 0.0952 e. The average molecular weight is 166 g/mol. The highest BCUT2D eigenvalue weighted by Crippen LogP contribution is 2.00. The number of rotatable bonds is 5. The van der Waals surface area contributed by atoms with Gasteiger partial charge in [0.2, 0.25) is 0 Å². The summed E-state index contributed by atoms with van der Waals surface area (Å²) in [4.78, 5) is 0. The zero-order valence-corrected chi connectivity index (χ0v) is 8.21. The summed E-state index contributed by atoms with van der Waals surface area (Å²) in [6.45, 7) is 4.10. The van der Waals surface area contributed by atoms with E-state index < -0.39 is 0 Å². The van der Waals surface area contributed by atoms with Crippen LogP contribution in [0, 0.1) is 0 Å². The molecule has 12 heavy (non-hydrogen) atoms. The van der Waals surface area contributed by atoms with E-state index >= 15 is 0 Å². The number of ether oxygens (including phenoxy) is 1. The lowest BCUT2D eigenvalue weighted by Crippen LogP contribution is -1.81. The van der Waals surface area contributed by atoms with Crippen molar-refractivity contribution in [1.29, 1.82) is 0 Å². The van der Waals surface area contributed by atoms with Gasteiger partial charge in [-0.25, -0.2) is 0 Å². The van der Waals surface area contributed by atoms with Crippen molar-refractivity contribution in [1.82, 2.24) is 0 Å². The van der Waals surface area contributed by atoms with E-state index in [0.29, 0.717) is 0 Å². The maximum absolute atomic E-state index is 5.10. The minimum atomic E-state index is 0.949. The molecule has 0 radical (unpaired) electrons. The molecule has 0 saturated heterocycles. The van der Waals surface area contributed by atoms with Gasteiger partial charge in [0.15, 0.2) is 0 Å². The highest BCUT2D eigenvalue weighted by atomic mass is 16.5. The molecule has 0 unspecified atom stereocenters. The number of hydrogen-bond acceptors (Lipinski definition) is 1. The van der Waals surface area contributed by atoms with E-state index in [-0.39, 0.29) is 0 Å². The van der Waals surface area contributed by atoms with Crippen LogP contribution >= 0.6 is 0 Å². The molecular weight excluding hydrogens is 148 g/mol. The van der Waals surface area contributed by atoms with Crippen molar-refractivity contribution in [2.24, 2.45) is 0 Å². The van der Waals surface area contributed by atoms with Crippen molar-refractivity contribution in [2.45, 2.75) is 26.7 Å². The Balaban J connectivity index is 3.75. The van der Waals surface area contributed by atoms with Crippen LogP contribution in [0.25, 0.3) is 0 Å². The number of hydrogen-bond donors (Lipinski definition) is 0. The van der Waals surface area contributed by atoms with Crippen molar-refractivity contribution >= 4 is 0 Å². The maximum atomic E-state index is 5.10. The second kappa shape index (κ2) is 8.12. The van der Waals surface area contributed by atoms with E-state index in [1.807, 2.05) is 25.2 Å². The SMILES string of the molecule is C/C=C\CC=C/C=C(\CC)OC. The number of allylic oxidation sites excluding steroid dienone is 6. The van der Waals surface area contributed by atoms with Crippen molar-refractivity contribution in [3.63, 3.8) is 0 Å². The van der Waals surface area contributed by atoms with Crippen LogP contribution in [0.2, 0.25) is 0 Å². The monoisotopic (exact) mass is 166 g/mol. The van der Waals surface area contributed by atoms with Crippen LogP contribution in [0.1, 0.15) is 26.7 Å². The van der Waals surface area contributed by atoms with Crippen molar-refractivity contribution in [3.8, 4) is 0 Å². The predicted molar refractivity (Wildman–Crippen MR) is 54.0 cm³/mol. The lowest BCUT2D eigenvalue weighted by atomic mass is 10.3. The van der Waals surface area contributed by atoms with E-state index in [1.165, 1.54) is 0 Å². The van der Waals surface area contributed by atoms with Gasteiger partial charge in [-0.05, 0) is 19.4 Å². The third-order valence-electron chi connectivity index (χ3n) is 1.54. The lowest BCUT2D eigenvalue weighted by Gasteiger charge is -1.98. The highest BCUT2D eigenvalue weighted by molar-refractivity contribution is 5.08. The average Bonchev–Trinajstić information content (AvgIpc) is 2.11. The molecule has 0 rings (SSSR count). The third kappa shape index (κ3) is 5.78. The topological polar surface area (TPSA) is 9.23 Å². The van der Waals surface area contributed by atoms with Gasteiger partial charge < -0.3 is 4.74 Å². The van der Waals surface area contributed by atoms with Crippen LogP contribution in [-0.2, 0) is 4.74 Å². The quantitative estimate of drug-likeness (QED) is 0.345. The highest BCUT2D eigenvalue weighted by Gasteiger charge is 1.85. The van der Waals surface area contributed by atoms with Crippen molar-refractivity contribution in [3.05, 3.63) is 36.1 Å². The summed E-state index contributed by atoms with van der Waals surface area (Å²) in [6.07, 6.45) is 12.2. The van der Waals surface area contributed by atoms with Crippen LogP contribution in [0.5, 0.6) is 0 Å². The van der Waals surface area contributed by atoms with E-state index in [1.54, 1.807) is 7.11 Å². The normalized spacial score (nSPS) is 13.1. The van der Waals surface area contributed by atoms with Crippen LogP contribution in [0.15, 0.2) is 36.1 Å². The molecule has 0 bridgehead atoms. The molecule has 0 heterocycles. The molecule has 0 saturated carbocycles. The zero-order chi connectivity index (χ0) is 9.23. The van der Waals surface area contributed by atoms with E-state index in [0.717, 1.165) is 18.6 Å². The first-order valence-electron chi connectivity index (χ1n) is 4.36. The van der Waals surface area contributed by atoms with Gasteiger partial charge in [-0.3, -0.25) is 0 Å². The molecule has 0 amide bonds. The zero-order valence-electron chi connectivity index (χ0n) is 8.21. The summed E-state index contributed by atoms with van der Waals surface area (Å²) in [5, 5.41) is 0. The molecule has 0 aliphatic heterocycles. The molecule has 0 N–H and O–H groups in total. The second-order valence-electron chi connectivity index (χ2n) is 2.42. The van der Waals surface area contributed by atoms with Gasteiger partial charge >= 0.3 is 0 Å². The molecule has 0 fully saturated rings. The first-order valence-corrected chi connectivity index (χ1v) is 4.36. The van der Waals surface area contributed by atoms with Gasteiger partial charge in [0, 0.05) is 6.42 Å². The molecule has 0 aromatic heterocycles. The van der Waals surface area contributed by atoms with E-state index in [9.17, 15) is 0 Å². The molecule has 0 spiro atoms. The van der Waals surface area contributed by atoms with Gasteiger partial charge in [-0.15, -0.1) is 0 Å². The Kier molecular flexibility index (Phi) is 7.46. The molecule has 0 atom stereocenters. The van der Waals surface area contributed by atoms with Crippen LogP contribution in [-0.4, -0.2) is 7.11 Å². The minimum Gasteiger partial charge on any atom is -0.501 e. The summed E-state index contributed by atoms with van der Waals surface area (Å²) in [5.41, 5.74) is 0. The molecule has 1 heteroatoms. The van der Waals surface area contributed by atoms with Crippen LogP contribution in [0.3, 0.4) is 0 Å². The Morgan fingerprint density at radius 3 is 2.58 bits per heavy atom. The van der Waals surface area contributed by atoms with Crippen LogP contribution < -0.4 is 0 Å². The third-order valence-corrected chi connectivity index (χ3v) is 1.54. The minimum absolute atomic E-state index is 0.949. The molecule has 0 aliphatic rings. The van der Waals surface area contributed by atoms with Gasteiger partial charge in [-0.2, -0.15) is 0 Å². The van der Waals surface area contributed by atoms with Gasteiger partial charge in [0.25, 0.3) is 0 Å². The van der Waals surface area contributed by atoms with Gasteiger partial charge in [-0.1, -0.05) is 31.2 Å². The summed E-state index contributed by atoms with van der Waals surface area (Å²) in [7, 11) is 1.70. The standard InChI is InChI=1S/C11H18O/c1-4-6-7-8-9-10-11(5-2)12-3/h4,6,8-10H,5,7H2,1-3H3/b6-4-,9-8?,11-10+. The molecule has 0 aromatic carbocycles. The van der Waals surface area contributed by atoms with Gasteiger partial charge in [0.1, 0.15) is 0 Å². The summed E-state index contributed by atoms with van der Waals surface area (Å²) >= 11 is 0. The van der Waals surface area contributed by atoms with Crippen molar-refractivity contribution in [2.75, 3.05) is 7.11 Å². The first-order chi connectivity index (χ1) is 5.85. The van der Waals surface area contributed by atoms with Crippen LogP contribution in [0.4, 0.5) is 0 Å². The predicted octanol–water partition coefficient (Wildman–Crippen LogP) is 3.45. The lowest BCUT2D eigenvalue weighted by molar-refractivity contribution is 0.281. The first kappa shape index (κ1) is 11.0. The van der Waals surface area contributed by atoms with Crippen molar-refractivity contribution < 1.29 is 4.74 Å². The largest absolute Gasteiger partial charge is 0.501 e. The Hall–Kier alpha value is -0.980. The molecule has 0 aliphatic carbocycles. The Bertz CT molecular complexity index is 169. The molecule has 0 aromatic rings. The Morgan fingerprint density at radius 1 is 1.33 bits per heavy atom. The Morgan fingerprint density at radius 2 is 2.08 bits per heavy atom.